The summed E-state index contributed by atoms with van der Waals surface area (Å²) in [6, 6.07) is 0. The van der Waals surface area contributed by atoms with Gasteiger partial charge in [-0.1, -0.05) is 52.3 Å². The maximum absolute atomic E-state index is 12.8. The van der Waals surface area contributed by atoms with Gasteiger partial charge in [0.2, 0.25) is 0 Å². The van der Waals surface area contributed by atoms with Crippen molar-refractivity contribution in [3.8, 4) is 0 Å². The molecule has 0 bridgehead atoms. The highest BCUT2D eigenvalue weighted by molar-refractivity contribution is 5.81. The molecule has 7 aliphatic rings. The van der Waals surface area contributed by atoms with Crippen LogP contribution in [-0.4, -0.2) is 191 Å². The number of aliphatic hydroxyl groups is 11. The lowest BCUT2D eigenvalue weighted by Crippen LogP contribution is -2.71. The molecule has 0 radical (unpaired) electrons. The molecule has 0 amide bonds. The zero-order chi connectivity index (χ0) is 52.5. The lowest BCUT2D eigenvalue weighted by molar-refractivity contribution is -0.382. The number of esters is 1. The minimum absolute atomic E-state index is 0.109. The summed E-state index contributed by atoms with van der Waals surface area (Å²) in [6.07, 6.45) is -16.3. The van der Waals surface area contributed by atoms with Gasteiger partial charge in [-0.15, -0.1) is 0 Å². The minimum atomic E-state index is -1.76. The highest BCUT2D eigenvalue weighted by atomic mass is 16.8. The van der Waals surface area contributed by atoms with Gasteiger partial charge in [-0.2, -0.15) is 0 Å². The van der Waals surface area contributed by atoms with E-state index in [4.69, 9.17) is 33.2 Å². The highest BCUT2D eigenvalue weighted by Crippen LogP contribution is 2.76. The number of allylic oxidation sites excluding steroid dienone is 3. The fourth-order valence-corrected chi connectivity index (χ4v) is 15.2. The van der Waals surface area contributed by atoms with Gasteiger partial charge in [-0.05, 0) is 131 Å². The molecule has 3 aliphatic heterocycles. The zero-order valence-electron chi connectivity index (χ0n) is 43.2. The molecule has 0 aromatic heterocycles. The first-order valence-corrected chi connectivity index (χ1v) is 25.9. The molecule has 0 aromatic carbocycles. The van der Waals surface area contributed by atoms with Crippen LogP contribution in [0.2, 0.25) is 0 Å². The summed E-state index contributed by atoms with van der Waals surface area (Å²) < 4.78 is 43.8. The van der Waals surface area contributed by atoms with Crippen LogP contribution in [0.25, 0.3) is 0 Å². The predicted octanol–water partition coefficient (Wildman–Crippen LogP) is 1.10. The van der Waals surface area contributed by atoms with Gasteiger partial charge in [0.1, 0.15) is 73.8 Å². The summed E-state index contributed by atoms with van der Waals surface area (Å²) in [4.78, 5) is 12.3. The summed E-state index contributed by atoms with van der Waals surface area (Å²) in [7, 11) is 0. The summed E-state index contributed by atoms with van der Waals surface area (Å²) in [6.45, 7) is 18.6. The Labute approximate surface area is 418 Å². The Morgan fingerprint density at radius 3 is 2.03 bits per heavy atom. The van der Waals surface area contributed by atoms with Crippen molar-refractivity contribution in [1.82, 2.24) is 0 Å². The molecule has 3 heterocycles. The number of carbonyl (C=O) groups is 1. The monoisotopic (exact) mass is 1010 g/mol. The van der Waals surface area contributed by atoms with E-state index in [1.165, 1.54) is 19.1 Å². The molecule has 19 heteroatoms. The van der Waals surface area contributed by atoms with Crippen LogP contribution in [0.3, 0.4) is 0 Å². The van der Waals surface area contributed by atoms with Gasteiger partial charge in [-0.25, -0.2) is 4.79 Å². The topological polar surface area (TPSA) is 304 Å². The van der Waals surface area contributed by atoms with E-state index in [2.05, 4.69) is 26.8 Å². The molecule has 11 N–H and O–H groups in total. The van der Waals surface area contributed by atoms with Gasteiger partial charge in [0.15, 0.2) is 18.9 Å². The van der Waals surface area contributed by atoms with E-state index in [9.17, 15) is 61.0 Å². The first-order chi connectivity index (χ1) is 33.1. The SMILES string of the molecule is C/C=C/C(=O)OC[C@H]1O[C@@H](O[C@@](C)(CCC=C(C)C)[C@H]2CC[C@]3(C)[C@@H]2[C@H](O)C[C@@H]2[C@@]4(C)CC[C@H](O)C(C)(C)[C@@H]4[C@@H](O[C@@H]4O[C@H](CO)[C@@H](O)[C@H](O)[C@H]4O[C@@H]4O[C@@H](C)[C@H](O)[C@@H](O)[C@H]4O)C[C@]23C)[C@H](O)[C@@H](O)[C@@H]1O. The molecule has 26 atom stereocenters. The maximum atomic E-state index is 12.8. The van der Waals surface area contributed by atoms with Crippen molar-refractivity contribution < 1.29 is 94.1 Å². The Morgan fingerprint density at radius 1 is 0.746 bits per heavy atom. The maximum Gasteiger partial charge on any atom is 0.330 e. The van der Waals surface area contributed by atoms with Crippen molar-refractivity contribution in [2.24, 2.45) is 45.3 Å². The molecular formula is C52H86O19. The van der Waals surface area contributed by atoms with Crippen molar-refractivity contribution >= 4 is 5.97 Å². The Hall–Kier alpha value is -1.73. The second-order valence-corrected chi connectivity index (χ2v) is 24.0. The van der Waals surface area contributed by atoms with E-state index in [0.717, 1.165) is 5.57 Å². The largest absolute Gasteiger partial charge is 0.460 e. The third-order valence-corrected chi connectivity index (χ3v) is 19.2. The van der Waals surface area contributed by atoms with Gasteiger partial charge < -0.3 is 89.3 Å². The minimum Gasteiger partial charge on any atom is -0.460 e. The van der Waals surface area contributed by atoms with Crippen molar-refractivity contribution in [3.63, 3.8) is 0 Å². The molecular weight excluding hydrogens is 929 g/mol. The second kappa shape index (κ2) is 21.4. The average molecular weight is 1020 g/mol. The molecule has 3 saturated heterocycles. The van der Waals surface area contributed by atoms with E-state index in [1.807, 2.05) is 34.6 Å². The third kappa shape index (κ3) is 10.1. The van der Waals surface area contributed by atoms with Crippen LogP contribution in [0, 0.1) is 45.3 Å². The molecule has 71 heavy (non-hydrogen) atoms. The number of aliphatic hydroxyl groups excluding tert-OH is 11. The zero-order valence-corrected chi connectivity index (χ0v) is 43.2. The van der Waals surface area contributed by atoms with E-state index < -0.39 is 163 Å². The summed E-state index contributed by atoms with van der Waals surface area (Å²) in [5.74, 6) is -1.90. The van der Waals surface area contributed by atoms with Crippen molar-refractivity contribution in [2.75, 3.05) is 13.2 Å². The number of fused-ring (bicyclic) bond motifs is 5. The Kier molecular flexibility index (Phi) is 17.1. The molecule has 19 nitrogen and oxygen atoms in total. The van der Waals surface area contributed by atoms with Crippen molar-refractivity contribution in [3.05, 3.63) is 23.8 Å². The fraction of sp³-hybridized carbons (Fsp3) is 0.904. The molecule has 7 rings (SSSR count). The van der Waals surface area contributed by atoms with Crippen LogP contribution in [-0.2, 0) is 38.0 Å². The fourth-order valence-electron chi connectivity index (χ4n) is 15.2. The number of hydrogen-bond donors (Lipinski definition) is 11. The highest BCUT2D eigenvalue weighted by Gasteiger charge is 2.74. The summed E-state index contributed by atoms with van der Waals surface area (Å²) in [5.41, 5.74) is -2.59. The molecule has 7 fully saturated rings. The smallest absolute Gasteiger partial charge is 0.330 e. The van der Waals surface area contributed by atoms with Gasteiger partial charge >= 0.3 is 5.97 Å². The van der Waals surface area contributed by atoms with Crippen molar-refractivity contribution in [1.29, 1.82) is 0 Å². The quantitative estimate of drug-likeness (QED) is 0.0503. The molecule has 408 valence electrons. The standard InChI is InChI=1S/C52H86O19/c1-11-13-33(56)65-23-30-37(59)39(61)42(64)46(69-30)71-52(10,17-12-14-24(2)3)26-15-19-50(8)34(26)27(54)20-31-49(7)18-16-32(55)48(5,6)44(49)28(21-51(31,50)9)67-47-43(40(62)36(58)29(22-53)68-47)70-45-41(63)38(60)35(57)25(4)66-45/h11,13-14,25-32,34-47,53-55,57-64H,12,15-23H2,1-10H3/b13-11+/t25-,26-,27+,28-,29+,30+,31+,32-,34-,35-,36+,37+,38+,39-,40-,41+,42+,43+,44-,45-,46-,47+,49+,50+,51+,52-/m0/s1. The van der Waals surface area contributed by atoms with Crippen LogP contribution in [0.4, 0.5) is 0 Å². The first-order valence-electron chi connectivity index (χ1n) is 25.9. The lowest BCUT2D eigenvalue weighted by Gasteiger charge is -2.72. The van der Waals surface area contributed by atoms with Crippen LogP contribution < -0.4 is 0 Å². The number of hydrogen-bond acceptors (Lipinski definition) is 19. The Balaban J connectivity index is 1.25. The normalized spacial score (nSPS) is 50.6. The van der Waals surface area contributed by atoms with Crippen LogP contribution in [0.1, 0.15) is 121 Å². The number of rotatable bonds is 14. The average Bonchev–Trinajstić information content (AvgIpc) is 3.69. The van der Waals surface area contributed by atoms with Crippen molar-refractivity contribution in [2.45, 2.75) is 237 Å². The molecule has 0 aromatic rings. The van der Waals surface area contributed by atoms with Crippen LogP contribution >= 0.6 is 0 Å². The molecule has 0 spiro atoms. The molecule has 0 unspecified atom stereocenters. The molecule has 4 aliphatic carbocycles. The first kappa shape index (κ1) is 57.0. The van der Waals surface area contributed by atoms with E-state index in [0.29, 0.717) is 51.4 Å². The molecule has 4 saturated carbocycles. The van der Waals surface area contributed by atoms with E-state index >= 15 is 0 Å². The third-order valence-electron chi connectivity index (χ3n) is 19.2. The summed E-state index contributed by atoms with van der Waals surface area (Å²) in [5, 5.41) is 124. The van der Waals surface area contributed by atoms with E-state index in [-0.39, 0.29) is 17.8 Å². The summed E-state index contributed by atoms with van der Waals surface area (Å²) >= 11 is 0. The predicted molar refractivity (Wildman–Crippen MR) is 252 cm³/mol. The van der Waals surface area contributed by atoms with Gasteiger partial charge in [0, 0.05) is 6.08 Å². The number of carbonyl (C=O) groups excluding carboxylic acids is 1. The Morgan fingerprint density at radius 2 is 1.38 bits per heavy atom. The number of ether oxygens (including phenoxy) is 7. The second-order valence-electron chi connectivity index (χ2n) is 24.0. The van der Waals surface area contributed by atoms with Gasteiger partial charge in [0.05, 0.1) is 36.6 Å². The van der Waals surface area contributed by atoms with Crippen LogP contribution in [0.5, 0.6) is 0 Å². The van der Waals surface area contributed by atoms with Crippen LogP contribution in [0.15, 0.2) is 23.8 Å². The lowest BCUT2D eigenvalue weighted by atomic mass is 9.34. The van der Waals surface area contributed by atoms with Gasteiger partial charge in [0.25, 0.3) is 0 Å². The Bertz CT molecular complexity index is 1900. The van der Waals surface area contributed by atoms with Gasteiger partial charge in [-0.3, -0.25) is 0 Å². The van der Waals surface area contributed by atoms with E-state index in [1.54, 1.807) is 6.92 Å².